The van der Waals surface area contributed by atoms with Gasteiger partial charge in [-0.25, -0.2) is 0 Å². The maximum absolute atomic E-state index is 12.9. The molecule has 0 radical (unpaired) electrons. The Balaban J connectivity index is 1.93. The van der Waals surface area contributed by atoms with Crippen LogP contribution in [0, 0.1) is 40.4 Å². The first-order chi connectivity index (χ1) is 13.4. The van der Waals surface area contributed by atoms with Crippen LogP contribution < -0.4 is 0 Å². The van der Waals surface area contributed by atoms with Crippen molar-refractivity contribution in [3.63, 3.8) is 0 Å². The van der Waals surface area contributed by atoms with Gasteiger partial charge < -0.3 is 14.6 Å². The van der Waals surface area contributed by atoms with E-state index in [-0.39, 0.29) is 42.4 Å². The number of allylic oxidation sites excluding steroid dienone is 2. The molecule has 3 aliphatic rings. The Morgan fingerprint density at radius 3 is 1.97 bits per heavy atom. The van der Waals surface area contributed by atoms with Crippen molar-refractivity contribution in [3.8, 4) is 0 Å². The van der Waals surface area contributed by atoms with Gasteiger partial charge in [0, 0.05) is 0 Å². The number of fused-ring (bicyclic) bond motifs is 2. The smallest absolute Gasteiger partial charge is 0.312 e. The van der Waals surface area contributed by atoms with Gasteiger partial charge in [0.15, 0.2) is 0 Å². The van der Waals surface area contributed by atoms with Crippen LogP contribution in [0.2, 0.25) is 0 Å². The van der Waals surface area contributed by atoms with Gasteiger partial charge in [-0.15, -0.1) is 0 Å². The van der Waals surface area contributed by atoms with Gasteiger partial charge in [-0.2, -0.15) is 0 Å². The minimum absolute atomic E-state index is 0.0267. The summed E-state index contributed by atoms with van der Waals surface area (Å²) in [5.41, 5.74) is -0.938. The average molecular weight is 409 g/mol. The van der Waals surface area contributed by atoms with Crippen molar-refractivity contribution in [1.82, 2.24) is 0 Å². The summed E-state index contributed by atoms with van der Waals surface area (Å²) < 4.78 is 10.8. The normalized spacial score (nSPS) is 29.0. The molecule has 0 amide bonds. The molecule has 6 heteroatoms. The average Bonchev–Trinajstić information content (AvgIpc) is 2.68. The van der Waals surface area contributed by atoms with E-state index in [1.54, 1.807) is 0 Å². The van der Waals surface area contributed by atoms with E-state index in [9.17, 15) is 19.5 Å². The van der Waals surface area contributed by atoms with E-state index in [1.807, 2.05) is 46.8 Å². The molecule has 164 valence electrons. The Morgan fingerprint density at radius 1 is 1.00 bits per heavy atom. The van der Waals surface area contributed by atoms with Gasteiger partial charge in [0.2, 0.25) is 0 Å². The van der Waals surface area contributed by atoms with Crippen LogP contribution in [0.5, 0.6) is 0 Å². The highest BCUT2D eigenvalue weighted by molar-refractivity contribution is 5.83. The Morgan fingerprint density at radius 2 is 1.52 bits per heavy atom. The number of carbonyl (C=O) groups excluding carboxylic acids is 2. The molecule has 6 nitrogen and oxygen atoms in total. The molecule has 3 rings (SSSR count). The monoisotopic (exact) mass is 408 g/mol. The zero-order valence-corrected chi connectivity index (χ0v) is 18.6. The summed E-state index contributed by atoms with van der Waals surface area (Å²) in [5, 5.41) is 9.55. The number of hydrogen-bond donors (Lipinski definition) is 1. The van der Waals surface area contributed by atoms with E-state index in [0.717, 1.165) is 19.3 Å². The molecule has 2 bridgehead atoms. The summed E-state index contributed by atoms with van der Waals surface area (Å²) in [6, 6.07) is 0. The maximum Gasteiger partial charge on any atom is 0.312 e. The third kappa shape index (κ3) is 4.51. The highest BCUT2D eigenvalue weighted by atomic mass is 16.6. The van der Waals surface area contributed by atoms with Crippen molar-refractivity contribution in [2.45, 2.75) is 60.8 Å². The van der Waals surface area contributed by atoms with Gasteiger partial charge in [-0.3, -0.25) is 14.4 Å². The number of ether oxygens (including phenoxy) is 2. The number of rotatable bonds is 8. The van der Waals surface area contributed by atoms with E-state index in [2.05, 4.69) is 6.92 Å². The molecule has 6 atom stereocenters. The second-order valence-electron chi connectivity index (χ2n) is 9.74. The number of aliphatic carboxylic acids is 1. The zero-order chi connectivity index (χ0) is 22.0. The third-order valence-electron chi connectivity index (χ3n) is 7.45. The van der Waals surface area contributed by atoms with Gasteiger partial charge in [0.1, 0.15) is 13.2 Å². The standard InChI is InChI=1S/C23H36O6/c1-7-14(2)23(6,22(3,4)5)21(27)29-13-12-28-20(26)18-16-10-8-15(9-11-16)17(18)19(24)25/h8,10,14-18H,7,9,11-13H2,1-6H3,(H,24,25). The molecule has 1 saturated carbocycles. The fourth-order valence-electron chi connectivity index (χ4n) is 4.83. The molecule has 0 aromatic heterocycles. The van der Waals surface area contributed by atoms with Crippen molar-refractivity contribution in [1.29, 1.82) is 0 Å². The summed E-state index contributed by atoms with van der Waals surface area (Å²) in [4.78, 5) is 37.1. The first-order valence-corrected chi connectivity index (χ1v) is 10.7. The molecule has 0 saturated heterocycles. The van der Waals surface area contributed by atoms with E-state index in [4.69, 9.17) is 9.47 Å². The molecule has 1 N–H and O–H groups in total. The fourth-order valence-corrected chi connectivity index (χ4v) is 4.83. The van der Waals surface area contributed by atoms with Crippen LogP contribution in [0.25, 0.3) is 0 Å². The summed E-state index contributed by atoms with van der Waals surface area (Å²) >= 11 is 0. The van der Waals surface area contributed by atoms with Crippen LogP contribution in [-0.2, 0) is 23.9 Å². The molecule has 0 aliphatic heterocycles. The minimum Gasteiger partial charge on any atom is -0.481 e. The lowest BCUT2D eigenvalue weighted by atomic mass is 9.60. The van der Waals surface area contributed by atoms with Gasteiger partial charge in [0.25, 0.3) is 0 Å². The Kier molecular flexibility index (Phi) is 7.18. The molecular formula is C23H36O6. The van der Waals surface area contributed by atoms with Crippen molar-refractivity contribution in [3.05, 3.63) is 12.2 Å². The minimum atomic E-state index is -0.952. The van der Waals surface area contributed by atoms with Crippen LogP contribution >= 0.6 is 0 Å². The Bertz CT molecular complexity index is 661. The highest BCUT2D eigenvalue weighted by Gasteiger charge is 2.50. The van der Waals surface area contributed by atoms with Crippen LogP contribution in [0.3, 0.4) is 0 Å². The molecule has 0 aromatic rings. The van der Waals surface area contributed by atoms with Gasteiger partial charge in [0.05, 0.1) is 17.3 Å². The number of carboxylic acids is 1. The second-order valence-corrected chi connectivity index (χ2v) is 9.74. The summed E-state index contributed by atoms with van der Waals surface area (Å²) in [6.45, 7) is 12.0. The molecular weight excluding hydrogens is 372 g/mol. The lowest BCUT2D eigenvalue weighted by molar-refractivity contribution is -0.173. The van der Waals surface area contributed by atoms with Crippen molar-refractivity contribution in [2.24, 2.45) is 40.4 Å². The first kappa shape index (κ1) is 23.4. The molecule has 3 aliphatic carbocycles. The quantitative estimate of drug-likeness (QED) is 0.370. The number of esters is 2. The van der Waals surface area contributed by atoms with E-state index in [0.29, 0.717) is 0 Å². The second kappa shape index (κ2) is 8.88. The van der Waals surface area contributed by atoms with Gasteiger partial charge in [-0.05, 0) is 42.9 Å². The number of carboxylic acid groups (broad SMARTS) is 1. The van der Waals surface area contributed by atoms with E-state index >= 15 is 0 Å². The molecule has 0 aromatic carbocycles. The fraction of sp³-hybridized carbons (Fsp3) is 0.783. The first-order valence-electron chi connectivity index (χ1n) is 10.7. The van der Waals surface area contributed by atoms with Gasteiger partial charge in [-0.1, -0.05) is 53.2 Å². The van der Waals surface area contributed by atoms with Crippen LogP contribution in [0.4, 0.5) is 0 Å². The number of carbonyl (C=O) groups is 3. The summed E-state index contributed by atoms with van der Waals surface area (Å²) in [7, 11) is 0. The lowest BCUT2D eigenvalue weighted by Gasteiger charge is -2.43. The zero-order valence-electron chi connectivity index (χ0n) is 18.6. The lowest BCUT2D eigenvalue weighted by Crippen LogP contribution is -2.47. The molecule has 6 unspecified atom stereocenters. The highest BCUT2D eigenvalue weighted by Crippen LogP contribution is 2.47. The maximum atomic E-state index is 12.9. The number of hydrogen-bond acceptors (Lipinski definition) is 5. The predicted molar refractivity (Wildman–Crippen MR) is 109 cm³/mol. The van der Waals surface area contributed by atoms with E-state index in [1.165, 1.54) is 0 Å². The van der Waals surface area contributed by atoms with Crippen molar-refractivity contribution < 1.29 is 29.0 Å². The van der Waals surface area contributed by atoms with E-state index < -0.39 is 29.2 Å². The summed E-state index contributed by atoms with van der Waals surface area (Å²) in [6.07, 6.45) is 6.31. The molecule has 0 heterocycles. The van der Waals surface area contributed by atoms with Crippen molar-refractivity contribution in [2.75, 3.05) is 13.2 Å². The van der Waals surface area contributed by atoms with Crippen LogP contribution in [-0.4, -0.2) is 36.2 Å². The topological polar surface area (TPSA) is 89.9 Å². The SMILES string of the molecule is CCC(C)C(C)(C(=O)OCCOC(=O)C1C2C=CC(CC2)C1C(=O)O)C(C)(C)C. The molecule has 1 fully saturated rings. The van der Waals surface area contributed by atoms with Crippen LogP contribution in [0.1, 0.15) is 60.8 Å². The molecule has 0 spiro atoms. The molecule has 29 heavy (non-hydrogen) atoms. The van der Waals surface area contributed by atoms with Crippen LogP contribution in [0.15, 0.2) is 12.2 Å². The largest absolute Gasteiger partial charge is 0.481 e. The Hall–Kier alpha value is -1.85. The summed E-state index contributed by atoms with van der Waals surface area (Å²) in [5.74, 6) is -3.21. The third-order valence-corrected chi connectivity index (χ3v) is 7.45. The predicted octanol–water partition coefficient (Wildman–Crippen LogP) is 4.08. The van der Waals surface area contributed by atoms with Crippen molar-refractivity contribution >= 4 is 17.9 Å². The van der Waals surface area contributed by atoms with Gasteiger partial charge >= 0.3 is 17.9 Å². The Labute approximate surface area is 174 Å².